The first-order valence-corrected chi connectivity index (χ1v) is 10.5. The number of halogens is 1. The van der Waals surface area contributed by atoms with E-state index < -0.39 is 23.4 Å². The Hall–Kier alpha value is -4.51. The van der Waals surface area contributed by atoms with Crippen LogP contribution in [0.5, 0.6) is 0 Å². The fourth-order valence-corrected chi connectivity index (χ4v) is 4.01. The third-order valence-corrected chi connectivity index (χ3v) is 5.69. The molecule has 0 bridgehead atoms. The SMILES string of the molecule is Cc1cc([C@@H](C)Nc2cccc(F)c2C(=O)O)c2nc(-c3ccc(C#N)cc3)n(C)c(=O)c2c1. The van der Waals surface area contributed by atoms with Crippen LogP contribution in [0.1, 0.15) is 40.0 Å². The van der Waals surface area contributed by atoms with Crippen molar-refractivity contribution in [2.24, 2.45) is 7.05 Å². The minimum absolute atomic E-state index is 0.130. The average Bonchev–Trinajstić information content (AvgIpc) is 2.81. The van der Waals surface area contributed by atoms with E-state index in [2.05, 4.69) is 11.4 Å². The van der Waals surface area contributed by atoms with Gasteiger partial charge in [0.25, 0.3) is 5.56 Å². The molecule has 170 valence electrons. The van der Waals surface area contributed by atoms with Crippen LogP contribution in [0.4, 0.5) is 10.1 Å². The largest absolute Gasteiger partial charge is 0.478 e. The number of hydrogen-bond acceptors (Lipinski definition) is 5. The van der Waals surface area contributed by atoms with E-state index >= 15 is 0 Å². The summed E-state index contributed by atoms with van der Waals surface area (Å²) in [5, 5.41) is 22.0. The lowest BCUT2D eigenvalue weighted by molar-refractivity contribution is 0.0693. The number of aromatic nitrogens is 2. The van der Waals surface area contributed by atoms with Crippen LogP contribution in [-0.2, 0) is 7.05 Å². The Labute approximate surface area is 194 Å². The van der Waals surface area contributed by atoms with Gasteiger partial charge >= 0.3 is 5.97 Å². The number of anilines is 1. The number of fused-ring (bicyclic) bond motifs is 1. The number of aromatic carboxylic acids is 1. The maximum absolute atomic E-state index is 14.2. The van der Waals surface area contributed by atoms with E-state index in [0.717, 1.165) is 11.6 Å². The van der Waals surface area contributed by atoms with Crippen LogP contribution >= 0.6 is 0 Å². The molecule has 7 nitrogen and oxygen atoms in total. The van der Waals surface area contributed by atoms with Crippen molar-refractivity contribution in [1.82, 2.24) is 9.55 Å². The minimum Gasteiger partial charge on any atom is -0.478 e. The lowest BCUT2D eigenvalue weighted by Gasteiger charge is -2.20. The fourth-order valence-electron chi connectivity index (χ4n) is 4.01. The number of aryl methyl sites for hydroxylation is 1. The molecular weight excluding hydrogens is 435 g/mol. The molecule has 0 amide bonds. The lowest BCUT2D eigenvalue weighted by Crippen LogP contribution is -2.22. The molecule has 8 heteroatoms. The lowest BCUT2D eigenvalue weighted by atomic mass is 10.00. The molecule has 4 rings (SSSR count). The van der Waals surface area contributed by atoms with Gasteiger partial charge in [-0.05, 0) is 61.9 Å². The van der Waals surface area contributed by atoms with Gasteiger partial charge in [0.1, 0.15) is 17.2 Å². The van der Waals surface area contributed by atoms with Gasteiger partial charge in [0.15, 0.2) is 0 Å². The van der Waals surface area contributed by atoms with Crippen LogP contribution in [0.25, 0.3) is 22.3 Å². The van der Waals surface area contributed by atoms with Gasteiger partial charge in [0, 0.05) is 18.2 Å². The van der Waals surface area contributed by atoms with Gasteiger partial charge < -0.3 is 10.4 Å². The monoisotopic (exact) mass is 456 g/mol. The molecule has 0 radical (unpaired) electrons. The smallest absolute Gasteiger partial charge is 0.340 e. The quantitative estimate of drug-likeness (QED) is 0.447. The summed E-state index contributed by atoms with van der Waals surface area (Å²) in [6.45, 7) is 3.65. The van der Waals surface area contributed by atoms with E-state index in [4.69, 9.17) is 10.2 Å². The molecule has 0 aliphatic rings. The highest BCUT2D eigenvalue weighted by Crippen LogP contribution is 2.30. The normalized spacial score (nSPS) is 11.7. The van der Waals surface area contributed by atoms with Gasteiger partial charge in [-0.15, -0.1) is 0 Å². The van der Waals surface area contributed by atoms with Crippen molar-refractivity contribution < 1.29 is 14.3 Å². The molecule has 3 aromatic carbocycles. The summed E-state index contributed by atoms with van der Waals surface area (Å²) >= 11 is 0. The van der Waals surface area contributed by atoms with Gasteiger partial charge in [-0.3, -0.25) is 9.36 Å². The summed E-state index contributed by atoms with van der Waals surface area (Å²) in [6.07, 6.45) is 0. The fraction of sp³-hybridized carbons (Fsp3) is 0.154. The Morgan fingerprint density at radius 2 is 1.91 bits per heavy atom. The van der Waals surface area contributed by atoms with Gasteiger partial charge in [-0.2, -0.15) is 5.26 Å². The molecular formula is C26H21FN4O3. The van der Waals surface area contributed by atoms with Crippen molar-refractivity contribution in [3.63, 3.8) is 0 Å². The first-order chi connectivity index (χ1) is 16.2. The van der Waals surface area contributed by atoms with Crippen molar-refractivity contribution >= 4 is 22.6 Å². The van der Waals surface area contributed by atoms with Crippen LogP contribution in [0.3, 0.4) is 0 Å². The van der Waals surface area contributed by atoms with Crippen LogP contribution in [-0.4, -0.2) is 20.6 Å². The highest BCUT2D eigenvalue weighted by molar-refractivity contribution is 5.94. The van der Waals surface area contributed by atoms with Crippen molar-refractivity contribution in [1.29, 1.82) is 5.26 Å². The molecule has 34 heavy (non-hydrogen) atoms. The second-order valence-corrected chi connectivity index (χ2v) is 8.07. The van der Waals surface area contributed by atoms with E-state index in [1.54, 1.807) is 44.3 Å². The highest BCUT2D eigenvalue weighted by atomic mass is 19.1. The number of nitriles is 1. The first-order valence-electron chi connectivity index (χ1n) is 10.5. The summed E-state index contributed by atoms with van der Waals surface area (Å²) in [5.41, 5.74) is 2.57. The zero-order valence-corrected chi connectivity index (χ0v) is 18.8. The molecule has 0 unspecified atom stereocenters. The van der Waals surface area contributed by atoms with E-state index in [-0.39, 0.29) is 11.2 Å². The van der Waals surface area contributed by atoms with E-state index in [9.17, 15) is 19.1 Å². The molecule has 0 fully saturated rings. The number of nitrogens with zero attached hydrogens (tertiary/aromatic N) is 3. The summed E-state index contributed by atoms with van der Waals surface area (Å²) in [4.78, 5) is 29.6. The third-order valence-electron chi connectivity index (χ3n) is 5.69. The number of rotatable bonds is 5. The molecule has 0 saturated carbocycles. The molecule has 0 spiro atoms. The molecule has 0 aliphatic heterocycles. The van der Waals surface area contributed by atoms with Gasteiger partial charge in [0.2, 0.25) is 0 Å². The first kappa shape index (κ1) is 22.7. The predicted octanol–water partition coefficient (Wildman–Crippen LogP) is 4.79. The second-order valence-electron chi connectivity index (χ2n) is 8.07. The third kappa shape index (κ3) is 3.99. The highest BCUT2D eigenvalue weighted by Gasteiger charge is 2.21. The van der Waals surface area contributed by atoms with E-state index in [1.165, 1.54) is 16.7 Å². The Morgan fingerprint density at radius 3 is 2.56 bits per heavy atom. The van der Waals surface area contributed by atoms with E-state index in [1.807, 2.05) is 13.0 Å². The number of carbonyl (C=O) groups is 1. The maximum Gasteiger partial charge on any atom is 0.340 e. The number of hydrogen-bond donors (Lipinski definition) is 2. The molecule has 2 N–H and O–H groups in total. The van der Waals surface area contributed by atoms with Gasteiger partial charge in [0.05, 0.1) is 34.3 Å². The van der Waals surface area contributed by atoms with Crippen molar-refractivity contribution in [2.75, 3.05) is 5.32 Å². The zero-order chi connectivity index (χ0) is 24.6. The summed E-state index contributed by atoms with van der Waals surface area (Å²) < 4.78 is 15.6. The molecule has 1 aromatic heterocycles. The second kappa shape index (κ2) is 8.79. The Morgan fingerprint density at radius 1 is 1.21 bits per heavy atom. The number of benzene rings is 3. The summed E-state index contributed by atoms with van der Waals surface area (Å²) in [6, 6.07) is 16.0. The van der Waals surface area contributed by atoms with Crippen LogP contribution < -0.4 is 10.9 Å². The maximum atomic E-state index is 14.2. The minimum atomic E-state index is -1.38. The Balaban J connectivity index is 1.89. The Kier molecular flexibility index (Phi) is 5.86. The standard InChI is InChI=1S/C26H21FN4O3/c1-14-11-18(15(2)29-21-6-4-5-20(27)22(21)26(33)34)23-19(12-14)25(32)31(3)24(30-23)17-9-7-16(13-28)8-10-17/h4-12,15,29H,1-3H3,(H,33,34)/t15-/m1/s1. The molecule has 1 atom stereocenters. The van der Waals surface area contributed by atoms with Crippen LogP contribution in [0.2, 0.25) is 0 Å². The predicted molar refractivity (Wildman–Crippen MR) is 127 cm³/mol. The molecule has 0 aliphatic carbocycles. The molecule has 4 aromatic rings. The van der Waals surface area contributed by atoms with E-state index in [0.29, 0.717) is 33.4 Å². The molecule has 0 saturated heterocycles. The van der Waals surface area contributed by atoms with Crippen molar-refractivity contribution in [3.05, 3.63) is 93.0 Å². The van der Waals surface area contributed by atoms with Crippen molar-refractivity contribution in [2.45, 2.75) is 19.9 Å². The van der Waals surface area contributed by atoms with Gasteiger partial charge in [-0.1, -0.05) is 12.1 Å². The number of carboxylic acid groups (broad SMARTS) is 1. The van der Waals surface area contributed by atoms with Crippen LogP contribution in [0.15, 0.2) is 59.4 Å². The molecule has 1 heterocycles. The summed E-state index contributed by atoms with van der Waals surface area (Å²) in [7, 11) is 1.64. The number of carboxylic acids is 1. The topological polar surface area (TPSA) is 108 Å². The van der Waals surface area contributed by atoms with Gasteiger partial charge in [-0.25, -0.2) is 14.2 Å². The Bertz CT molecular complexity index is 1540. The number of nitrogens with one attached hydrogen (secondary N) is 1. The summed E-state index contributed by atoms with van der Waals surface area (Å²) in [5.74, 6) is -1.79. The zero-order valence-electron chi connectivity index (χ0n) is 18.8. The van der Waals surface area contributed by atoms with Crippen LogP contribution in [0, 0.1) is 24.1 Å². The average molecular weight is 456 g/mol. The van der Waals surface area contributed by atoms with Crippen molar-refractivity contribution in [3.8, 4) is 17.5 Å².